The molecule has 3 aromatic rings. The molecule has 0 saturated carbocycles. The van der Waals surface area contributed by atoms with E-state index in [2.05, 4.69) is 38.7 Å². The van der Waals surface area contributed by atoms with Crippen LogP contribution in [0.25, 0.3) is 10.6 Å². The minimum atomic E-state index is -0.512. The predicted molar refractivity (Wildman–Crippen MR) is 103 cm³/mol. The second kappa shape index (κ2) is 7.71. The lowest BCUT2D eigenvalue weighted by molar-refractivity contribution is 0.0931. The number of aromatic hydroxyl groups is 1. The van der Waals surface area contributed by atoms with Crippen LogP contribution in [0, 0.1) is 13.8 Å². The van der Waals surface area contributed by atoms with E-state index in [-0.39, 0.29) is 23.2 Å². The lowest BCUT2D eigenvalue weighted by atomic mass is 10.1. The van der Waals surface area contributed by atoms with Gasteiger partial charge in [-0.2, -0.15) is 0 Å². The van der Waals surface area contributed by atoms with Gasteiger partial charge < -0.3 is 15.2 Å². The zero-order valence-corrected chi connectivity index (χ0v) is 16.3. The number of aromatic nitrogens is 3. The number of amides is 1. The van der Waals surface area contributed by atoms with Gasteiger partial charge in [-0.15, -0.1) is 10.2 Å². The maximum Gasteiger partial charge on any atom is 0.274 e. The van der Waals surface area contributed by atoms with Crippen molar-refractivity contribution in [3.8, 4) is 22.1 Å². The van der Waals surface area contributed by atoms with Gasteiger partial charge in [0.2, 0.25) is 0 Å². The van der Waals surface area contributed by atoms with Gasteiger partial charge in [-0.3, -0.25) is 4.79 Å². The first-order valence-corrected chi connectivity index (χ1v) is 9.15. The summed E-state index contributed by atoms with van der Waals surface area (Å²) in [6.45, 7) is 5.88. The van der Waals surface area contributed by atoms with Crippen LogP contribution in [0.4, 0.5) is 0 Å². The van der Waals surface area contributed by atoms with Crippen LogP contribution < -0.4 is 10.1 Å². The van der Waals surface area contributed by atoms with Crippen LogP contribution in [-0.2, 0) is 0 Å². The molecule has 0 saturated heterocycles. The molecule has 2 aromatic heterocycles. The molecule has 3 rings (SSSR count). The molecule has 1 amide bonds. The van der Waals surface area contributed by atoms with Gasteiger partial charge in [-0.05, 0) is 32.9 Å². The minimum absolute atomic E-state index is 0.0970. The SMILES string of the molecule is COc1ccnc(C(=O)N[C@@H](C)c2nnc(-c3cc(C)cc(C)c3)s2)c1O. The number of hydrogen-bond donors (Lipinski definition) is 2. The second-order valence-electron chi connectivity index (χ2n) is 6.23. The van der Waals surface area contributed by atoms with Crippen molar-refractivity contribution < 1.29 is 14.6 Å². The van der Waals surface area contributed by atoms with Crippen molar-refractivity contribution in [2.24, 2.45) is 0 Å². The largest absolute Gasteiger partial charge is 0.503 e. The first-order valence-electron chi connectivity index (χ1n) is 8.34. The van der Waals surface area contributed by atoms with E-state index in [0.717, 1.165) is 21.7 Å². The third-order valence-electron chi connectivity index (χ3n) is 3.95. The summed E-state index contributed by atoms with van der Waals surface area (Å²) in [4.78, 5) is 16.4. The molecule has 7 nitrogen and oxygen atoms in total. The highest BCUT2D eigenvalue weighted by Crippen LogP contribution is 2.30. The molecule has 0 unspecified atom stereocenters. The Morgan fingerprint density at radius 2 is 1.93 bits per heavy atom. The van der Waals surface area contributed by atoms with Crippen LogP contribution in [0.1, 0.15) is 39.6 Å². The standard InChI is InChI=1S/C19H20N4O3S/c1-10-7-11(2)9-13(8-10)19-23-22-18(27-19)12(3)21-17(25)15-16(24)14(26-4)5-6-20-15/h5-9,12,24H,1-4H3,(H,21,25)/t12-/m0/s1. The van der Waals surface area contributed by atoms with Gasteiger partial charge in [0.25, 0.3) is 5.91 Å². The summed E-state index contributed by atoms with van der Waals surface area (Å²) in [5.41, 5.74) is 3.22. The van der Waals surface area contributed by atoms with E-state index >= 15 is 0 Å². The number of aryl methyl sites for hydroxylation is 2. The molecule has 0 spiro atoms. The van der Waals surface area contributed by atoms with Gasteiger partial charge in [0.1, 0.15) is 10.0 Å². The van der Waals surface area contributed by atoms with E-state index in [1.807, 2.05) is 13.8 Å². The summed E-state index contributed by atoms with van der Waals surface area (Å²) in [6, 6.07) is 7.30. The predicted octanol–water partition coefficient (Wildman–Crippen LogP) is 3.42. The van der Waals surface area contributed by atoms with Crippen molar-refractivity contribution in [3.63, 3.8) is 0 Å². The Balaban J connectivity index is 1.78. The van der Waals surface area contributed by atoms with E-state index in [1.54, 1.807) is 6.92 Å². The molecule has 8 heteroatoms. The third-order valence-corrected chi connectivity index (χ3v) is 5.10. The van der Waals surface area contributed by atoms with Crippen molar-refractivity contribution in [1.82, 2.24) is 20.5 Å². The molecule has 0 aliphatic heterocycles. The smallest absolute Gasteiger partial charge is 0.274 e. The van der Waals surface area contributed by atoms with Crippen molar-refractivity contribution in [2.45, 2.75) is 26.8 Å². The van der Waals surface area contributed by atoms with Gasteiger partial charge in [0.05, 0.1) is 13.2 Å². The molecule has 140 valence electrons. The van der Waals surface area contributed by atoms with Gasteiger partial charge >= 0.3 is 0 Å². The number of nitrogens with zero attached hydrogens (tertiary/aromatic N) is 3. The van der Waals surface area contributed by atoms with Crippen LogP contribution >= 0.6 is 11.3 Å². The van der Waals surface area contributed by atoms with Crippen LogP contribution in [0.15, 0.2) is 30.5 Å². The summed E-state index contributed by atoms with van der Waals surface area (Å²) >= 11 is 1.42. The van der Waals surface area contributed by atoms with Crippen molar-refractivity contribution in [1.29, 1.82) is 0 Å². The number of rotatable bonds is 5. The minimum Gasteiger partial charge on any atom is -0.503 e. The van der Waals surface area contributed by atoms with E-state index in [9.17, 15) is 9.90 Å². The van der Waals surface area contributed by atoms with Crippen LogP contribution in [0.2, 0.25) is 0 Å². The number of carbonyl (C=O) groups excluding carboxylic acids is 1. The first kappa shape index (κ1) is 18.8. The summed E-state index contributed by atoms with van der Waals surface area (Å²) in [5, 5.41) is 22.8. The summed E-state index contributed by atoms with van der Waals surface area (Å²) < 4.78 is 5.01. The molecule has 0 aliphatic carbocycles. The van der Waals surface area contributed by atoms with Crippen molar-refractivity contribution >= 4 is 17.2 Å². The Hall–Kier alpha value is -3.00. The fourth-order valence-electron chi connectivity index (χ4n) is 2.72. The van der Waals surface area contributed by atoms with Crippen LogP contribution in [0.5, 0.6) is 11.5 Å². The Kier molecular flexibility index (Phi) is 5.36. The Labute approximate surface area is 161 Å². The Morgan fingerprint density at radius 1 is 1.22 bits per heavy atom. The number of nitrogens with one attached hydrogen (secondary N) is 1. The molecule has 0 bridgehead atoms. The number of pyridine rings is 1. The van der Waals surface area contributed by atoms with E-state index in [0.29, 0.717) is 5.01 Å². The molecule has 0 fully saturated rings. The Morgan fingerprint density at radius 3 is 2.59 bits per heavy atom. The van der Waals surface area contributed by atoms with Gasteiger partial charge in [0.15, 0.2) is 17.2 Å². The number of carbonyl (C=O) groups is 1. The molecule has 0 radical (unpaired) electrons. The van der Waals surface area contributed by atoms with E-state index in [4.69, 9.17) is 4.74 Å². The quantitative estimate of drug-likeness (QED) is 0.699. The number of methoxy groups -OCH3 is 1. The second-order valence-corrected chi connectivity index (χ2v) is 7.24. The highest BCUT2D eigenvalue weighted by molar-refractivity contribution is 7.14. The highest BCUT2D eigenvalue weighted by Gasteiger charge is 2.21. The first-order chi connectivity index (χ1) is 12.9. The lowest BCUT2D eigenvalue weighted by Crippen LogP contribution is -2.27. The third kappa shape index (κ3) is 4.06. The van der Waals surface area contributed by atoms with Crippen LogP contribution in [-0.4, -0.2) is 33.3 Å². The fraction of sp³-hybridized carbons (Fsp3) is 0.263. The molecular weight excluding hydrogens is 364 g/mol. The number of ether oxygens (including phenoxy) is 1. The zero-order valence-electron chi connectivity index (χ0n) is 15.5. The zero-order chi connectivity index (χ0) is 19.6. The molecular formula is C19H20N4O3S. The highest BCUT2D eigenvalue weighted by atomic mass is 32.1. The molecule has 1 atom stereocenters. The maximum atomic E-state index is 12.5. The van der Waals surface area contributed by atoms with E-state index < -0.39 is 5.91 Å². The molecule has 27 heavy (non-hydrogen) atoms. The normalized spacial score (nSPS) is 11.9. The average molecular weight is 384 g/mol. The molecule has 2 N–H and O–H groups in total. The van der Waals surface area contributed by atoms with Crippen molar-refractivity contribution in [2.75, 3.05) is 7.11 Å². The number of hydrogen-bond acceptors (Lipinski definition) is 7. The van der Waals surface area contributed by atoms with Gasteiger partial charge in [-0.1, -0.05) is 28.5 Å². The maximum absolute atomic E-state index is 12.5. The van der Waals surface area contributed by atoms with Crippen molar-refractivity contribution in [3.05, 3.63) is 52.3 Å². The molecule has 1 aromatic carbocycles. The molecule has 2 heterocycles. The van der Waals surface area contributed by atoms with E-state index in [1.165, 1.54) is 30.7 Å². The van der Waals surface area contributed by atoms with Crippen LogP contribution in [0.3, 0.4) is 0 Å². The monoisotopic (exact) mass is 384 g/mol. The summed E-state index contributed by atoms with van der Waals surface area (Å²) in [5.74, 6) is -0.615. The summed E-state index contributed by atoms with van der Waals surface area (Å²) in [6.07, 6.45) is 1.40. The number of benzene rings is 1. The summed E-state index contributed by atoms with van der Waals surface area (Å²) in [7, 11) is 1.41. The van der Waals surface area contributed by atoms with Gasteiger partial charge in [0, 0.05) is 17.8 Å². The average Bonchev–Trinajstić information content (AvgIpc) is 3.11. The Bertz CT molecular complexity index is 967. The molecule has 0 aliphatic rings. The fourth-order valence-corrected chi connectivity index (χ4v) is 3.55. The van der Waals surface area contributed by atoms with Gasteiger partial charge in [-0.25, -0.2) is 4.98 Å². The lowest BCUT2D eigenvalue weighted by Gasteiger charge is -2.12. The topological polar surface area (TPSA) is 97.2 Å².